The van der Waals surface area contributed by atoms with Crippen molar-refractivity contribution in [2.24, 2.45) is 5.10 Å². The maximum Gasteiger partial charge on any atom is 0.186 e. The lowest BCUT2D eigenvalue weighted by Crippen LogP contribution is -3.14. The Labute approximate surface area is 152 Å². The summed E-state index contributed by atoms with van der Waals surface area (Å²) in [4.78, 5) is 1.59. The highest BCUT2D eigenvalue weighted by Crippen LogP contribution is 2.23. The molecule has 3 N–H and O–H groups in total. The number of hydrogen-bond acceptors (Lipinski definition) is 3. The van der Waals surface area contributed by atoms with Gasteiger partial charge in [-0.25, -0.2) is 0 Å². The molecule has 2 rings (SSSR count). The van der Waals surface area contributed by atoms with Gasteiger partial charge in [-0.2, -0.15) is 5.10 Å². The molecule has 1 saturated heterocycles. The Bertz CT molecular complexity index is 550. The molecule has 0 radical (unpaired) electrons. The predicted molar refractivity (Wildman–Crippen MR) is 98.8 cm³/mol. The Kier molecular flexibility index (Phi) is 8.05. The van der Waals surface area contributed by atoms with Gasteiger partial charge in [0, 0.05) is 18.5 Å². The van der Waals surface area contributed by atoms with Crippen molar-refractivity contribution in [2.75, 3.05) is 39.4 Å². The van der Waals surface area contributed by atoms with Crippen molar-refractivity contribution in [3.63, 3.8) is 0 Å². The molecule has 1 heterocycles. The summed E-state index contributed by atoms with van der Waals surface area (Å²) in [5, 5.41) is 8.68. The number of nitrogens with zero attached hydrogens (tertiary/aromatic N) is 1. The van der Waals surface area contributed by atoms with Crippen LogP contribution >= 0.6 is 35.4 Å². The highest BCUT2D eigenvalue weighted by molar-refractivity contribution is 7.80. The molecule has 126 valence electrons. The van der Waals surface area contributed by atoms with Crippen LogP contribution in [-0.2, 0) is 4.74 Å². The molecule has 0 saturated carbocycles. The average molecular weight is 376 g/mol. The Morgan fingerprint density at radius 2 is 2.13 bits per heavy atom. The van der Waals surface area contributed by atoms with Crippen LogP contribution in [0.2, 0.25) is 10.0 Å². The van der Waals surface area contributed by atoms with Crippen LogP contribution in [-0.4, -0.2) is 50.7 Å². The summed E-state index contributed by atoms with van der Waals surface area (Å²) in [5.74, 6) is 0. The molecule has 23 heavy (non-hydrogen) atoms. The smallest absolute Gasteiger partial charge is 0.186 e. The second-order valence-corrected chi connectivity index (χ2v) is 6.43. The molecule has 0 bridgehead atoms. The number of benzene rings is 1. The maximum atomic E-state index is 6.07. The quantitative estimate of drug-likeness (QED) is 0.301. The summed E-state index contributed by atoms with van der Waals surface area (Å²) in [6, 6.07) is 5.39. The molecule has 1 aromatic carbocycles. The molecular weight excluding hydrogens is 355 g/mol. The second kappa shape index (κ2) is 10.1. The number of halogens is 2. The van der Waals surface area contributed by atoms with Gasteiger partial charge in [-0.3, -0.25) is 5.43 Å². The van der Waals surface area contributed by atoms with Crippen molar-refractivity contribution < 1.29 is 9.64 Å². The van der Waals surface area contributed by atoms with E-state index >= 15 is 0 Å². The summed E-state index contributed by atoms with van der Waals surface area (Å²) in [7, 11) is 0. The van der Waals surface area contributed by atoms with Gasteiger partial charge in [0.15, 0.2) is 5.11 Å². The molecule has 1 aromatic rings. The van der Waals surface area contributed by atoms with E-state index in [0.717, 1.165) is 51.4 Å². The third-order valence-corrected chi connectivity index (χ3v) is 4.61. The zero-order chi connectivity index (χ0) is 16.5. The van der Waals surface area contributed by atoms with Crippen molar-refractivity contribution in [3.8, 4) is 0 Å². The highest BCUT2D eigenvalue weighted by Gasteiger charge is 2.12. The molecule has 1 aliphatic rings. The molecule has 8 heteroatoms. The van der Waals surface area contributed by atoms with E-state index in [1.54, 1.807) is 17.2 Å². The number of hydrazone groups is 1. The Morgan fingerprint density at radius 3 is 2.91 bits per heavy atom. The van der Waals surface area contributed by atoms with E-state index in [1.165, 1.54) is 0 Å². The first kappa shape index (κ1) is 18.4. The van der Waals surface area contributed by atoms with E-state index in [4.69, 9.17) is 40.2 Å². The molecule has 0 aliphatic carbocycles. The predicted octanol–water partition coefficient (Wildman–Crippen LogP) is 1.10. The Balaban J connectivity index is 1.63. The standard InChI is InChI=1S/C15H20Cl2N4OS/c16-13-4-1-3-12(14(13)17)11-19-20-15(23)18-5-2-6-21-7-9-22-10-8-21/h1,3-4,11H,2,5-10H2,(H2,18,20,23)/p+1/b19-11-. The van der Waals surface area contributed by atoms with Gasteiger partial charge < -0.3 is 15.0 Å². The summed E-state index contributed by atoms with van der Waals surface area (Å²) in [6.45, 7) is 5.86. The molecular formula is C15H21Cl2N4OS+. The molecule has 0 aromatic heterocycles. The third-order valence-electron chi connectivity index (χ3n) is 3.54. The number of nitrogens with one attached hydrogen (secondary N) is 3. The fraction of sp³-hybridized carbons (Fsp3) is 0.467. The van der Waals surface area contributed by atoms with E-state index in [-0.39, 0.29) is 0 Å². The lowest BCUT2D eigenvalue weighted by atomic mass is 10.2. The molecule has 0 unspecified atom stereocenters. The highest BCUT2D eigenvalue weighted by atomic mass is 35.5. The van der Waals surface area contributed by atoms with E-state index in [2.05, 4.69) is 15.8 Å². The van der Waals surface area contributed by atoms with Gasteiger partial charge in [-0.15, -0.1) is 0 Å². The SMILES string of the molecule is S=C(NCCC[NH+]1CCOCC1)N/N=C\c1cccc(Cl)c1Cl. The minimum Gasteiger partial charge on any atom is -0.370 e. The van der Waals surface area contributed by atoms with Gasteiger partial charge in [0.05, 0.1) is 36.0 Å². The lowest BCUT2D eigenvalue weighted by Gasteiger charge is -2.23. The lowest BCUT2D eigenvalue weighted by molar-refractivity contribution is -0.908. The van der Waals surface area contributed by atoms with Crippen molar-refractivity contribution in [1.82, 2.24) is 10.7 Å². The van der Waals surface area contributed by atoms with Crippen LogP contribution in [0.25, 0.3) is 0 Å². The van der Waals surface area contributed by atoms with Crippen LogP contribution in [0.5, 0.6) is 0 Å². The first-order valence-electron chi connectivity index (χ1n) is 7.59. The summed E-state index contributed by atoms with van der Waals surface area (Å²) >= 11 is 17.2. The summed E-state index contributed by atoms with van der Waals surface area (Å²) in [5.41, 5.74) is 3.52. The van der Waals surface area contributed by atoms with Gasteiger partial charge >= 0.3 is 0 Å². The molecule has 0 spiro atoms. The van der Waals surface area contributed by atoms with Crippen LogP contribution in [0.3, 0.4) is 0 Å². The van der Waals surface area contributed by atoms with Crippen molar-refractivity contribution in [1.29, 1.82) is 0 Å². The molecule has 0 atom stereocenters. The zero-order valence-electron chi connectivity index (χ0n) is 12.8. The first-order valence-corrected chi connectivity index (χ1v) is 8.75. The monoisotopic (exact) mass is 375 g/mol. The molecule has 1 aliphatic heterocycles. The first-order chi connectivity index (χ1) is 11.2. The Morgan fingerprint density at radius 1 is 1.35 bits per heavy atom. The topological polar surface area (TPSA) is 50.1 Å². The fourth-order valence-corrected chi connectivity index (χ4v) is 2.78. The van der Waals surface area contributed by atoms with Gasteiger partial charge in [0.1, 0.15) is 13.1 Å². The minimum absolute atomic E-state index is 0.479. The van der Waals surface area contributed by atoms with Crippen LogP contribution in [0.1, 0.15) is 12.0 Å². The molecule has 1 fully saturated rings. The van der Waals surface area contributed by atoms with Gasteiger partial charge in [-0.1, -0.05) is 35.3 Å². The van der Waals surface area contributed by atoms with E-state index in [1.807, 2.05) is 12.1 Å². The van der Waals surface area contributed by atoms with Gasteiger partial charge in [0.25, 0.3) is 0 Å². The summed E-state index contributed by atoms with van der Waals surface area (Å²) in [6.07, 6.45) is 2.65. The van der Waals surface area contributed by atoms with Crippen molar-refractivity contribution in [3.05, 3.63) is 33.8 Å². The minimum atomic E-state index is 0.479. The van der Waals surface area contributed by atoms with Gasteiger partial charge in [0.2, 0.25) is 0 Å². The number of quaternary nitrogens is 1. The van der Waals surface area contributed by atoms with Crippen LogP contribution in [0, 0.1) is 0 Å². The van der Waals surface area contributed by atoms with E-state index in [0.29, 0.717) is 15.2 Å². The zero-order valence-corrected chi connectivity index (χ0v) is 15.1. The van der Waals surface area contributed by atoms with Crippen LogP contribution in [0.15, 0.2) is 23.3 Å². The molecule has 5 nitrogen and oxygen atoms in total. The number of hydrogen-bond donors (Lipinski definition) is 3. The van der Waals surface area contributed by atoms with E-state index < -0.39 is 0 Å². The maximum absolute atomic E-state index is 6.07. The Hall–Kier alpha value is -0.920. The van der Waals surface area contributed by atoms with E-state index in [9.17, 15) is 0 Å². The fourth-order valence-electron chi connectivity index (χ4n) is 2.27. The summed E-state index contributed by atoms with van der Waals surface area (Å²) < 4.78 is 5.34. The van der Waals surface area contributed by atoms with Crippen molar-refractivity contribution in [2.45, 2.75) is 6.42 Å². The van der Waals surface area contributed by atoms with Crippen LogP contribution < -0.4 is 15.6 Å². The second-order valence-electron chi connectivity index (χ2n) is 5.23. The number of morpholine rings is 1. The number of ether oxygens (including phenoxy) is 1. The molecule has 0 amide bonds. The van der Waals surface area contributed by atoms with Crippen LogP contribution in [0.4, 0.5) is 0 Å². The normalized spacial score (nSPS) is 15.7. The number of thiocarbonyl (C=S) groups is 1. The van der Waals surface area contributed by atoms with Gasteiger partial charge in [-0.05, 0) is 18.3 Å². The van der Waals surface area contributed by atoms with Crippen molar-refractivity contribution >= 4 is 46.7 Å². The third kappa shape index (κ3) is 6.61. The largest absolute Gasteiger partial charge is 0.370 e. The average Bonchev–Trinajstić information content (AvgIpc) is 2.56. The number of rotatable bonds is 6.